The molecule has 1 aliphatic heterocycles. The quantitative estimate of drug-likeness (QED) is 0.897. The van der Waals surface area contributed by atoms with Gasteiger partial charge in [-0.1, -0.05) is 29.0 Å². The maximum absolute atomic E-state index is 12.1. The van der Waals surface area contributed by atoms with Gasteiger partial charge in [0.1, 0.15) is 0 Å². The van der Waals surface area contributed by atoms with Gasteiger partial charge in [0.15, 0.2) is 5.69 Å². The Hall–Kier alpha value is -2.21. The number of benzene rings is 1. The Morgan fingerprint density at radius 1 is 1.19 bits per heavy atom. The van der Waals surface area contributed by atoms with Gasteiger partial charge < -0.3 is 5.32 Å². The monoisotopic (exact) mass is 353 g/mol. The lowest BCUT2D eigenvalue weighted by atomic mass is 10.0. The van der Waals surface area contributed by atoms with E-state index in [0.29, 0.717) is 17.8 Å². The minimum absolute atomic E-state index is 0.0916. The number of piperidine rings is 1. The third-order valence-corrected chi connectivity index (χ3v) is 5.48. The molecule has 0 atom stereocenters. The Bertz CT molecular complexity index is 787. The molecule has 2 aromatic rings. The summed E-state index contributed by atoms with van der Waals surface area (Å²) in [5, 5.41) is 11.2. The first kappa shape index (κ1) is 17.2. The van der Waals surface area contributed by atoms with E-state index in [2.05, 4.69) is 52.6 Å². The number of aryl methyl sites for hydroxylation is 2. The van der Waals surface area contributed by atoms with Gasteiger partial charge in [0, 0.05) is 25.7 Å². The van der Waals surface area contributed by atoms with Crippen LogP contribution in [0.5, 0.6) is 0 Å². The fraction of sp³-hybridized carbons (Fsp3) is 0.550. The van der Waals surface area contributed by atoms with E-state index in [4.69, 9.17) is 0 Å². The van der Waals surface area contributed by atoms with E-state index < -0.39 is 0 Å². The van der Waals surface area contributed by atoms with E-state index in [1.54, 1.807) is 0 Å². The Morgan fingerprint density at radius 3 is 2.65 bits per heavy atom. The molecule has 1 saturated heterocycles. The van der Waals surface area contributed by atoms with Gasteiger partial charge in [-0.25, -0.2) is 4.68 Å². The van der Waals surface area contributed by atoms with E-state index in [-0.39, 0.29) is 5.91 Å². The summed E-state index contributed by atoms with van der Waals surface area (Å²) in [4.78, 5) is 14.6. The molecule has 0 bridgehead atoms. The molecule has 1 N–H and O–H groups in total. The van der Waals surface area contributed by atoms with Crippen molar-refractivity contribution in [1.29, 1.82) is 0 Å². The molecule has 0 spiro atoms. The van der Waals surface area contributed by atoms with E-state index in [0.717, 1.165) is 45.3 Å². The van der Waals surface area contributed by atoms with Crippen LogP contribution in [-0.4, -0.2) is 44.9 Å². The molecule has 1 aromatic carbocycles. The lowest BCUT2D eigenvalue weighted by Crippen LogP contribution is -2.34. The van der Waals surface area contributed by atoms with Crippen LogP contribution in [0.25, 0.3) is 0 Å². The maximum Gasteiger partial charge on any atom is 0.273 e. The highest BCUT2D eigenvalue weighted by Gasteiger charge is 2.26. The third-order valence-electron chi connectivity index (χ3n) is 5.48. The highest BCUT2D eigenvalue weighted by Crippen LogP contribution is 2.24. The Labute approximate surface area is 154 Å². The van der Waals surface area contributed by atoms with Crippen molar-refractivity contribution in [2.75, 3.05) is 13.1 Å². The summed E-state index contributed by atoms with van der Waals surface area (Å²) >= 11 is 0. The van der Waals surface area contributed by atoms with Crippen LogP contribution in [0.15, 0.2) is 24.4 Å². The first-order chi connectivity index (χ1) is 12.6. The first-order valence-corrected chi connectivity index (χ1v) is 9.59. The number of hydrogen-bond donors (Lipinski definition) is 1. The van der Waals surface area contributed by atoms with Crippen molar-refractivity contribution >= 4 is 5.91 Å². The number of likely N-dealkylation sites (tertiary alicyclic amines) is 1. The zero-order valence-corrected chi connectivity index (χ0v) is 15.6. The largest absolute Gasteiger partial charge is 0.348 e. The number of aromatic nitrogens is 3. The zero-order chi connectivity index (χ0) is 18.1. The third kappa shape index (κ3) is 3.96. The van der Waals surface area contributed by atoms with Crippen LogP contribution in [0.4, 0.5) is 0 Å². The van der Waals surface area contributed by atoms with E-state index in [1.165, 1.54) is 16.7 Å². The van der Waals surface area contributed by atoms with Crippen molar-refractivity contribution < 1.29 is 4.79 Å². The molecule has 0 unspecified atom stereocenters. The van der Waals surface area contributed by atoms with Gasteiger partial charge in [0.05, 0.1) is 12.2 Å². The van der Waals surface area contributed by atoms with Gasteiger partial charge in [-0.3, -0.25) is 9.69 Å². The van der Waals surface area contributed by atoms with Crippen LogP contribution in [0.1, 0.15) is 58.9 Å². The van der Waals surface area contributed by atoms with Gasteiger partial charge in [-0.05, 0) is 50.7 Å². The number of rotatable bonds is 5. The second-order valence-corrected chi connectivity index (χ2v) is 7.77. The second kappa shape index (κ2) is 7.19. The Kier molecular flexibility index (Phi) is 4.76. The lowest BCUT2D eigenvalue weighted by molar-refractivity contribution is 0.0946. The van der Waals surface area contributed by atoms with Crippen molar-refractivity contribution in [3.05, 3.63) is 46.8 Å². The van der Waals surface area contributed by atoms with Gasteiger partial charge in [0.2, 0.25) is 0 Å². The molecule has 0 radical (unpaired) electrons. The standard InChI is InChI=1S/C20H27N5O/c1-14-3-4-16(15(2)11-14)12-24-9-7-18(8-10-24)25-13-19(22-23-25)20(26)21-17-5-6-17/h3-4,11,13,17-18H,5-10,12H2,1-2H3,(H,21,26). The summed E-state index contributed by atoms with van der Waals surface area (Å²) in [5.41, 5.74) is 4.54. The minimum atomic E-state index is -0.0916. The predicted octanol–water partition coefficient (Wildman–Crippen LogP) is 2.62. The van der Waals surface area contributed by atoms with Crippen LogP contribution in [0, 0.1) is 13.8 Å². The summed E-state index contributed by atoms with van der Waals surface area (Å²) in [6.07, 6.45) is 6.05. The smallest absolute Gasteiger partial charge is 0.273 e. The maximum atomic E-state index is 12.1. The fourth-order valence-corrected chi connectivity index (χ4v) is 3.65. The van der Waals surface area contributed by atoms with Crippen molar-refractivity contribution in [2.24, 2.45) is 0 Å². The molecule has 1 saturated carbocycles. The molecule has 1 amide bonds. The van der Waals surface area contributed by atoms with Crippen LogP contribution >= 0.6 is 0 Å². The topological polar surface area (TPSA) is 63.1 Å². The van der Waals surface area contributed by atoms with E-state index in [1.807, 2.05) is 10.9 Å². The molecule has 2 aliphatic rings. The van der Waals surface area contributed by atoms with Gasteiger partial charge >= 0.3 is 0 Å². The van der Waals surface area contributed by atoms with Crippen LogP contribution < -0.4 is 5.32 Å². The van der Waals surface area contributed by atoms with E-state index >= 15 is 0 Å². The van der Waals surface area contributed by atoms with Crippen molar-refractivity contribution in [3.8, 4) is 0 Å². The number of nitrogens with zero attached hydrogens (tertiary/aromatic N) is 4. The lowest BCUT2D eigenvalue weighted by Gasteiger charge is -2.32. The first-order valence-electron chi connectivity index (χ1n) is 9.59. The molecule has 6 heteroatoms. The van der Waals surface area contributed by atoms with Crippen molar-refractivity contribution in [3.63, 3.8) is 0 Å². The molecule has 6 nitrogen and oxygen atoms in total. The number of carbonyl (C=O) groups excluding carboxylic acids is 1. The van der Waals surface area contributed by atoms with Crippen LogP contribution in [-0.2, 0) is 6.54 Å². The molecule has 26 heavy (non-hydrogen) atoms. The summed E-state index contributed by atoms with van der Waals surface area (Å²) in [7, 11) is 0. The molecular weight excluding hydrogens is 326 g/mol. The van der Waals surface area contributed by atoms with Crippen LogP contribution in [0.2, 0.25) is 0 Å². The predicted molar refractivity (Wildman–Crippen MR) is 100.0 cm³/mol. The highest BCUT2D eigenvalue weighted by atomic mass is 16.2. The Balaban J connectivity index is 1.32. The molecule has 4 rings (SSSR count). The number of nitrogens with one attached hydrogen (secondary N) is 1. The molecule has 2 fully saturated rings. The normalized spacial score (nSPS) is 18.8. The number of amides is 1. The summed E-state index contributed by atoms with van der Waals surface area (Å²) in [6.45, 7) is 7.42. The van der Waals surface area contributed by atoms with Gasteiger partial charge in [0.25, 0.3) is 5.91 Å². The fourth-order valence-electron chi connectivity index (χ4n) is 3.65. The average Bonchev–Trinajstić information content (AvgIpc) is 3.30. The molecule has 2 heterocycles. The summed E-state index contributed by atoms with van der Waals surface area (Å²) in [5.74, 6) is -0.0916. The summed E-state index contributed by atoms with van der Waals surface area (Å²) < 4.78 is 1.89. The minimum Gasteiger partial charge on any atom is -0.348 e. The zero-order valence-electron chi connectivity index (χ0n) is 15.6. The van der Waals surface area contributed by atoms with Crippen molar-refractivity contribution in [2.45, 2.75) is 58.2 Å². The summed E-state index contributed by atoms with van der Waals surface area (Å²) in [6, 6.07) is 7.38. The highest BCUT2D eigenvalue weighted by molar-refractivity contribution is 5.92. The number of hydrogen-bond acceptors (Lipinski definition) is 4. The van der Waals surface area contributed by atoms with Gasteiger partial charge in [-0.2, -0.15) is 0 Å². The van der Waals surface area contributed by atoms with E-state index in [9.17, 15) is 4.79 Å². The van der Waals surface area contributed by atoms with Crippen molar-refractivity contribution in [1.82, 2.24) is 25.2 Å². The molecule has 1 aliphatic carbocycles. The molecular formula is C20H27N5O. The molecule has 138 valence electrons. The Morgan fingerprint density at radius 2 is 1.96 bits per heavy atom. The second-order valence-electron chi connectivity index (χ2n) is 7.77. The van der Waals surface area contributed by atoms with Crippen LogP contribution in [0.3, 0.4) is 0 Å². The molecule has 1 aromatic heterocycles. The number of carbonyl (C=O) groups is 1. The average molecular weight is 353 g/mol. The SMILES string of the molecule is Cc1ccc(CN2CCC(n3cc(C(=O)NC4CC4)nn3)CC2)c(C)c1. The van der Waals surface area contributed by atoms with Gasteiger partial charge in [-0.15, -0.1) is 5.10 Å².